The molecule has 0 spiro atoms. The Bertz CT molecular complexity index is 391. The molecule has 0 bridgehead atoms. The first-order chi connectivity index (χ1) is 7.47. The minimum absolute atomic E-state index is 0.0400. The summed E-state index contributed by atoms with van der Waals surface area (Å²) in [5, 5.41) is 0. The minimum Gasteiger partial charge on any atom is -0.398 e. The summed E-state index contributed by atoms with van der Waals surface area (Å²) in [7, 11) is 0. The first-order valence-corrected chi connectivity index (χ1v) is 6.12. The maximum Gasteiger partial charge on any atom is 0.254 e. The summed E-state index contributed by atoms with van der Waals surface area (Å²) >= 11 is 3.33. The average molecular weight is 285 g/mol. The molecule has 0 aliphatic carbocycles. The molecule has 1 amide bonds. The number of hydrogen-bond donors (Lipinski definition) is 1. The van der Waals surface area contributed by atoms with Gasteiger partial charge in [-0.3, -0.25) is 4.79 Å². The maximum absolute atomic E-state index is 12.1. The van der Waals surface area contributed by atoms with Crippen molar-refractivity contribution in [2.45, 2.75) is 26.8 Å². The van der Waals surface area contributed by atoms with Crippen LogP contribution in [0.1, 0.15) is 31.1 Å². The molecule has 0 unspecified atom stereocenters. The molecule has 0 aromatic heterocycles. The van der Waals surface area contributed by atoms with Gasteiger partial charge in [0.15, 0.2) is 0 Å². The lowest BCUT2D eigenvalue weighted by atomic mass is 10.1. The van der Waals surface area contributed by atoms with E-state index in [1.807, 2.05) is 25.7 Å². The summed E-state index contributed by atoms with van der Waals surface area (Å²) in [4.78, 5) is 14.0. The van der Waals surface area contributed by atoms with Crippen molar-refractivity contribution in [1.29, 1.82) is 0 Å². The largest absolute Gasteiger partial charge is 0.398 e. The van der Waals surface area contributed by atoms with Crippen LogP contribution in [-0.2, 0) is 0 Å². The van der Waals surface area contributed by atoms with Crippen molar-refractivity contribution in [2.24, 2.45) is 0 Å². The highest BCUT2D eigenvalue weighted by Crippen LogP contribution is 2.21. The molecule has 2 N–H and O–H groups in total. The molecule has 0 saturated carbocycles. The van der Waals surface area contributed by atoms with Crippen LogP contribution in [0.5, 0.6) is 0 Å². The number of anilines is 1. The number of halogens is 1. The number of carbonyl (C=O) groups is 1. The zero-order chi connectivity index (χ0) is 12.3. The zero-order valence-electron chi connectivity index (χ0n) is 9.83. The molecule has 1 aromatic carbocycles. The number of benzene rings is 1. The predicted octanol–water partition coefficient (Wildman–Crippen LogP) is 2.90. The smallest absolute Gasteiger partial charge is 0.254 e. The molecular formula is C12H17BrN2O. The standard InChI is InChI=1S/C12H17BrN2O/c1-4-15(8(2)3)12(16)9-5-6-11(14)10(13)7-9/h5-8H,4,14H2,1-3H3. The van der Waals surface area contributed by atoms with Gasteiger partial charge in [0.1, 0.15) is 0 Å². The predicted molar refractivity (Wildman–Crippen MR) is 70.4 cm³/mol. The van der Waals surface area contributed by atoms with Crippen LogP contribution in [0.15, 0.2) is 22.7 Å². The van der Waals surface area contributed by atoms with Gasteiger partial charge in [0.25, 0.3) is 5.91 Å². The summed E-state index contributed by atoms with van der Waals surface area (Å²) in [5.74, 6) is 0.0400. The maximum atomic E-state index is 12.1. The fourth-order valence-electron chi connectivity index (χ4n) is 1.57. The molecule has 1 aromatic rings. The van der Waals surface area contributed by atoms with E-state index >= 15 is 0 Å². The lowest BCUT2D eigenvalue weighted by molar-refractivity contribution is 0.0717. The van der Waals surface area contributed by atoms with Crippen molar-refractivity contribution in [3.8, 4) is 0 Å². The molecule has 0 atom stereocenters. The molecule has 88 valence electrons. The van der Waals surface area contributed by atoms with E-state index in [0.717, 1.165) is 4.47 Å². The van der Waals surface area contributed by atoms with E-state index in [-0.39, 0.29) is 11.9 Å². The Morgan fingerprint density at radius 1 is 1.50 bits per heavy atom. The Kier molecular flexibility index (Phi) is 4.35. The van der Waals surface area contributed by atoms with Crippen LogP contribution in [-0.4, -0.2) is 23.4 Å². The summed E-state index contributed by atoms with van der Waals surface area (Å²) in [6, 6.07) is 5.47. The van der Waals surface area contributed by atoms with Crippen molar-refractivity contribution in [2.75, 3.05) is 12.3 Å². The minimum atomic E-state index is 0.0400. The second-order valence-corrected chi connectivity index (χ2v) is 4.78. The normalized spacial score (nSPS) is 10.6. The highest BCUT2D eigenvalue weighted by Gasteiger charge is 2.17. The molecule has 0 radical (unpaired) electrons. The number of rotatable bonds is 3. The SMILES string of the molecule is CCN(C(=O)c1ccc(N)c(Br)c1)C(C)C. The third-order valence-corrected chi connectivity index (χ3v) is 3.16. The lowest BCUT2D eigenvalue weighted by Crippen LogP contribution is -2.36. The van der Waals surface area contributed by atoms with Gasteiger partial charge in [-0.05, 0) is 54.9 Å². The molecule has 0 aliphatic rings. The molecule has 0 fully saturated rings. The summed E-state index contributed by atoms with van der Waals surface area (Å²) in [5.41, 5.74) is 6.99. The fraction of sp³-hybridized carbons (Fsp3) is 0.417. The molecule has 0 saturated heterocycles. The van der Waals surface area contributed by atoms with Gasteiger partial charge in [-0.15, -0.1) is 0 Å². The molecular weight excluding hydrogens is 268 g/mol. The molecule has 3 nitrogen and oxygen atoms in total. The van der Waals surface area contributed by atoms with Crippen LogP contribution in [0.2, 0.25) is 0 Å². The number of nitrogen functional groups attached to an aromatic ring is 1. The van der Waals surface area contributed by atoms with Crippen LogP contribution in [0.25, 0.3) is 0 Å². The van der Waals surface area contributed by atoms with E-state index in [2.05, 4.69) is 15.9 Å². The first-order valence-electron chi connectivity index (χ1n) is 5.33. The van der Waals surface area contributed by atoms with Gasteiger partial charge in [0, 0.05) is 28.3 Å². The molecule has 4 heteroatoms. The van der Waals surface area contributed by atoms with Crippen molar-refractivity contribution >= 4 is 27.5 Å². The molecule has 1 rings (SSSR count). The average Bonchev–Trinajstić information content (AvgIpc) is 2.22. The Balaban J connectivity index is 2.99. The van der Waals surface area contributed by atoms with Gasteiger partial charge in [0.2, 0.25) is 0 Å². The highest BCUT2D eigenvalue weighted by atomic mass is 79.9. The summed E-state index contributed by atoms with van der Waals surface area (Å²) in [6.07, 6.45) is 0. The van der Waals surface area contributed by atoms with E-state index in [0.29, 0.717) is 17.8 Å². The summed E-state index contributed by atoms with van der Waals surface area (Å²) < 4.78 is 0.762. The van der Waals surface area contributed by atoms with E-state index in [4.69, 9.17) is 5.73 Å². The van der Waals surface area contributed by atoms with Gasteiger partial charge in [-0.25, -0.2) is 0 Å². The van der Waals surface area contributed by atoms with Crippen LogP contribution >= 0.6 is 15.9 Å². The molecule has 0 heterocycles. The number of amides is 1. The topological polar surface area (TPSA) is 46.3 Å². The molecule has 16 heavy (non-hydrogen) atoms. The van der Waals surface area contributed by atoms with E-state index < -0.39 is 0 Å². The van der Waals surface area contributed by atoms with Gasteiger partial charge < -0.3 is 10.6 Å². The summed E-state index contributed by atoms with van der Waals surface area (Å²) in [6.45, 7) is 6.70. The van der Waals surface area contributed by atoms with Crippen molar-refractivity contribution in [1.82, 2.24) is 4.90 Å². The van der Waals surface area contributed by atoms with E-state index in [9.17, 15) is 4.79 Å². The van der Waals surface area contributed by atoms with E-state index in [1.165, 1.54) is 0 Å². The van der Waals surface area contributed by atoms with Crippen LogP contribution < -0.4 is 5.73 Å². The highest BCUT2D eigenvalue weighted by molar-refractivity contribution is 9.10. The monoisotopic (exact) mass is 284 g/mol. The third kappa shape index (κ3) is 2.76. The van der Waals surface area contributed by atoms with E-state index in [1.54, 1.807) is 18.2 Å². The second kappa shape index (κ2) is 5.34. The van der Waals surface area contributed by atoms with Crippen molar-refractivity contribution < 1.29 is 4.79 Å². The van der Waals surface area contributed by atoms with Crippen molar-refractivity contribution in [3.05, 3.63) is 28.2 Å². The fourth-order valence-corrected chi connectivity index (χ4v) is 1.95. The first kappa shape index (κ1) is 13.0. The van der Waals surface area contributed by atoms with Gasteiger partial charge in [0.05, 0.1) is 0 Å². The number of nitrogens with zero attached hydrogens (tertiary/aromatic N) is 1. The van der Waals surface area contributed by atoms with Gasteiger partial charge >= 0.3 is 0 Å². The van der Waals surface area contributed by atoms with Gasteiger partial charge in [-0.2, -0.15) is 0 Å². The van der Waals surface area contributed by atoms with Crippen molar-refractivity contribution in [3.63, 3.8) is 0 Å². The van der Waals surface area contributed by atoms with Crippen LogP contribution in [0.4, 0.5) is 5.69 Å². The Labute approximate surface area is 105 Å². The second-order valence-electron chi connectivity index (χ2n) is 3.92. The third-order valence-electron chi connectivity index (χ3n) is 2.47. The molecule has 0 aliphatic heterocycles. The van der Waals surface area contributed by atoms with Crippen LogP contribution in [0.3, 0.4) is 0 Å². The zero-order valence-corrected chi connectivity index (χ0v) is 11.4. The Hall–Kier alpha value is -1.03. The number of nitrogens with two attached hydrogens (primary N) is 1. The Morgan fingerprint density at radius 3 is 2.56 bits per heavy atom. The quantitative estimate of drug-likeness (QED) is 0.868. The van der Waals surface area contributed by atoms with Crippen LogP contribution in [0, 0.1) is 0 Å². The van der Waals surface area contributed by atoms with Gasteiger partial charge in [-0.1, -0.05) is 0 Å². The number of carbonyl (C=O) groups excluding carboxylic acids is 1. The number of hydrogen-bond acceptors (Lipinski definition) is 2. The Morgan fingerprint density at radius 2 is 2.12 bits per heavy atom. The lowest BCUT2D eigenvalue weighted by Gasteiger charge is -2.25.